The van der Waals surface area contributed by atoms with Gasteiger partial charge in [0.1, 0.15) is 16.9 Å². The Balaban J connectivity index is 2.45. The third-order valence-electron chi connectivity index (χ3n) is 2.66. The van der Waals surface area contributed by atoms with Crippen LogP contribution in [0.2, 0.25) is 0 Å². The van der Waals surface area contributed by atoms with Gasteiger partial charge in [0.25, 0.3) is 0 Å². The maximum atomic E-state index is 12.9. The molecule has 0 aliphatic carbocycles. The van der Waals surface area contributed by atoms with E-state index in [9.17, 15) is 26.4 Å². The molecule has 0 saturated heterocycles. The maximum absolute atomic E-state index is 12.9. The minimum absolute atomic E-state index is 0.136. The van der Waals surface area contributed by atoms with Crippen LogP contribution in [0.5, 0.6) is 5.75 Å². The van der Waals surface area contributed by atoms with Gasteiger partial charge < -0.3 is 4.18 Å². The predicted molar refractivity (Wildman–Crippen MR) is 71.1 cm³/mol. The van der Waals surface area contributed by atoms with Gasteiger partial charge in [0.05, 0.1) is 5.56 Å². The van der Waals surface area contributed by atoms with E-state index in [0.717, 1.165) is 24.3 Å². The van der Waals surface area contributed by atoms with Crippen molar-refractivity contribution in [2.45, 2.75) is 11.1 Å². The monoisotopic (exact) mass is 330 g/mol. The van der Waals surface area contributed by atoms with E-state index in [0.29, 0.717) is 12.4 Å². The summed E-state index contributed by atoms with van der Waals surface area (Å²) in [5.74, 6) is -0.249. The smallest absolute Gasteiger partial charge is 0.379 e. The Morgan fingerprint density at radius 3 is 2.32 bits per heavy atom. The SMILES string of the molecule is O=Cc1cccc(OS(=O)(=O)c2ccccc2C(F)(F)F)c1. The Bertz CT molecular complexity index is 798. The molecule has 0 aliphatic heterocycles. The van der Waals surface area contributed by atoms with Crippen LogP contribution in [-0.2, 0) is 16.3 Å². The summed E-state index contributed by atoms with van der Waals surface area (Å²) in [7, 11) is -4.69. The van der Waals surface area contributed by atoms with Crippen LogP contribution in [0.15, 0.2) is 53.4 Å². The van der Waals surface area contributed by atoms with Crippen LogP contribution in [0.25, 0.3) is 0 Å². The number of aldehydes is 1. The first-order chi connectivity index (χ1) is 10.2. The fourth-order valence-electron chi connectivity index (χ4n) is 1.73. The zero-order chi connectivity index (χ0) is 16.4. The highest BCUT2D eigenvalue weighted by Crippen LogP contribution is 2.34. The molecule has 0 atom stereocenters. The highest BCUT2D eigenvalue weighted by atomic mass is 32.2. The van der Waals surface area contributed by atoms with E-state index in [1.165, 1.54) is 18.2 Å². The van der Waals surface area contributed by atoms with E-state index in [2.05, 4.69) is 4.18 Å². The molecule has 116 valence electrons. The summed E-state index contributed by atoms with van der Waals surface area (Å²) in [4.78, 5) is 9.64. The van der Waals surface area contributed by atoms with Gasteiger partial charge in [0.15, 0.2) is 0 Å². The lowest BCUT2D eigenvalue weighted by Gasteiger charge is -2.13. The van der Waals surface area contributed by atoms with Crippen LogP contribution >= 0.6 is 0 Å². The first-order valence-electron chi connectivity index (χ1n) is 5.90. The molecule has 22 heavy (non-hydrogen) atoms. The Kier molecular flexibility index (Phi) is 4.23. The lowest BCUT2D eigenvalue weighted by Crippen LogP contribution is -2.17. The van der Waals surface area contributed by atoms with Gasteiger partial charge in [0.2, 0.25) is 0 Å². The van der Waals surface area contributed by atoms with Gasteiger partial charge in [-0.2, -0.15) is 21.6 Å². The molecule has 0 unspecified atom stereocenters. The maximum Gasteiger partial charge on any atom is 0.417 e. The molecule has 2 aromatic carbocycles. The Hall–Kier alpha value is -2.35. The fraction of sp³-hybridized carbons (Fsp3) is 0.0714. The molecule has 8 heteroatoms. The molecule has 0 saturated carbocycles. The third kappa shape index (κ3) is 3.45. The molecular formula is C14H9F3O4S. The van der Waals surface area contributed by atoms with Crippen LogP contribution in [0.1, 0.15) is 15.9 Å². The second-order valence-corrected chi connectivity index (χ2v) is 5.74. The van der Waals surface area contributed by atoms with Crippen molar-refractivity contribution in [1.82, 2.24) is 0 Å². The van der Waals surface area contributed by atoms with Crippen LogP contribution in [0.4, 0.5) is 13.2 Å². The largest absolute Gasteiger partial charge is 0.417 e. The van der Waals surface area contributed by atoms with Crippen molar-refractivity contribution in [3.8, 4) is 5.75 Å². The molecular weight excluding hydrogens is 321 g/mol. The standard InChI is InChI=1S/C14H9F3O4S/c15-14(16,17)12-6-1-2-7-13(12)22(19,20)21-11-5-3-4-10(8-11)9-18/h1-9H. The molecule has 2 rings (SSSR count). The van der Waals surface area contributed by atoms with E-state index < -0.39 is 26.8 Å². The molecule has 0 fully saturated rings. The zero-order valence-electron chi connectivity index (χ0n) is 10.9. The molecule has 0 bridgehead atoms. The number of rotatable bonds is 4. The van der Waals surface area contributed by atoms with Gasteiger partial charge in [0, 0.05) is 5.56 Å². The van der Waals surface area contributed by atoms with Crippen LogP contribution in [-0.4, -0.2) is 14.7 Å². The topological polar surface area (TPSA) is 60.4 Å². The van der Waals surface area contributed by atoms with Gasteiger partial charge in [-0.15, -0.1) is 0 Å². The predicted octanol–water partition coefficient (Wildman–Crippen LogP) is 3.29. The summed E-state index contributed by atoms with van der Waals surface area (Å²) >= 11 is 0. The molecule has 0 aliphatic rings. The number of hydrogen-bond donors (Lipinski definition) is 0. The average molecular weight is 330 g/mol. The number of hydrogen-bond acceptors (Lipinski definition) is 4. The van der Waals surface area contributed by atoms with E-state index in [4.69, 9.17) is 0 Å². The van der Waals surface area contributed by atoms with Gasteiger partial charge >= 0.3 is 16.3 Å². The zero-order valence-corrected chi connectivity index (χ0v) is 11.7. The summed E-state index contributed by atoms with van der Waals surface area (Å²) in [6.45, 7) is 0. The molecule has 0 aromatic heterocycles. The van der Waals surface area contributed by atoms with Crippen LogP contribution < -0.4 is 4.18 Å². The van der Waals surface area contributed by atoms with E-state index in [1.807, 2.05) is 0 Å². The van der Waals surface area contributed by atoms with Crippen molar-refractivity contribution in [1.29, 1.82) is 0 Å². The minimum Gasteiger partial charge on any atom is -0.379 e. The lowest BCUT2D eigenvalue weighted by molar-refractivity contribution is -0.139. The Labute approximate surface area is 124 Å². The van der Waals surface area contributed by atoms with E-state index >= 15 is 0 Å². The van der Waals surface area contributed by atoms with Gasteiger partial charge in [-0.1, -0.05) is 24.3 Å². The molecule has 0 radical (unpaired) electrons. The van der Waals surface area contributed by atoms with E-state index in [-0.39, 0.29) is 11.3 Å². The normalized spacial score (nSPS) is 12.0. The van der Waals surface area contributed by atoms with Crippen molar-refractivity contribution in [2.24, 2.45) is 0 Å². The first kappa shape index (κ1) is 16.0. The number of carbonyl (C=O) groups is 1. The average Bonchev–Trinajstić information content (AvgIpc) is 2.46. The quantitative estimate of drug-likeness (QED) is 0.637. The number of alkyl halides is 3. The van der Waals surface area contributed by atoms with Crippen molar-refractivity contribution >= 4 is 16.4 Å². The number of halogens is 3. The Morgan fingerprint density at radius 1 is 1.00 bits per heavy atom. The molecule has 0 heterocycles. The fourth-order valence-corrected chi connectivity index (χ4v) is 2.88. The number of carbonyl (C=O) groups excluding carboxylic acids is 1. The molecule has 0 N–H and O–H groups in total. The molecule has 2 aromatic rings. The second-order valence-electron chi connectivity index (χ2n) is 4.22. The summed E-state index contributed by atoms with van der Waals surface area (Å²) in [6.07, 6.45) is -4.37. The molecule has 0 amide bonds. The first-order valence-corrected chi connectivity index (χ1v) is 7.31. The van der Waals surface area contributed by atoms with Crippen molar-refractivity contribution < 1.29 is 30.6 Å². The molecule has 0 spiro atoms. The second kappa shape index (κ2) is 5.80. The van der Waals surface area contributed by atoms with Gasteiger partial charge in [-0.3, -0.25) is 4.79 Å². The molecule has 4 nitrogen and oxygen atoms in total. The van der Waals surface area contributed by atoms with Crippen molar-refractivity contribution in [3.63, 3.8) is 0 Å². The highest BCUT2D eigenvalue weighted by Gasteiger charge is 2.37. The third-order valence-corrected chi connectivity index (χ3v) is 3.97. The Morgan fingerprint density at radius 2 is 1.68 bits per heavy atom. The van der Waals surface area contributed by atoms with Gasteiger partial charge in [-0.05, 0) is 24.3 Å². The summed E-state index contributed by atoms with van der Waals surface area (Å²) in [6, 6.07) is 8.78. The number of benzene rings is 2. The highest BCUT2D eigenvalue weighted by molar-refractivity contribution is 7.87. The summed E-state index contributed by atoms with van der Waals surface area (Å²) < 4.78 is 67.4. The van der Waals surface area contributed by atoms with E-state index in [1.54, 1.807) is 0 Å². The summed E-state index contributed by atoms with van der Waals surface area (Å²) in [5, 5.41) is 0. The van der Waals surface area contributed by atoms with Crippen molar-refractivity contribution in [3.05, 3.63) is 59.7 Å². The summed E-state index contributed by atoms with van der Waals surface area (Å²) in [5.41, 5.74) is -1.18. The van der Waals surface area contributed by atoms with Gasteiger partial charge in [-0.25, -0.2) is 0 Å². The van der Waals surface area contributed by atoms with Crippen molar-refractivity contribution in [2.75, 3.05) is 0 Å². The van der Waals surface area contributed by atoms with Crippen LogP contribution in [0, 0.1) is 0 Å². The van der Waals surface area contributed by atoms with Crippen LogP contribution in [0.3, 0.4) is 0 Å². The lowest BCUT2D eigenvalue weighted by atomic mass is 10.2. The minimum atomic E-state index is -4.84.